The van der Waals surface area contributed by atoms with Crippen LogP contribution in [0.3, 0.4) is 0 Å². The van der Waals surface area contributed by atoms with Gasteiger partial charge in [-0.2, -0.15) is 0 Å². The molecule has 0 nitrogen and oxygen atoms in total. The van der Waals surface area contributed by atoms with Crippen LogP contribution in [-0.4, -0.2) is 5.92 Å². The Hall–Kier alpha value is -0.990. The first-order valence-corrected chi connectivity index (χ1v) is 12.1. The van der Waals surface area contributed by atoms with Crippen LogP contribution in [0.1, 0.15) is 114 Å². The molecule has 2 aliphatic carbocycles. The first-order chi connectivity index (χ1) is 13.9. The van der Waals surface area contributed by atoms with E-state index >= 15 is 0 Å². The van der Waals surface area contributed by atoms with Crippen molar-refractivity contribution in [2.75, 3.05) is 0 Å². The molecule has 1 aromatic carbocycles. The summed E-state index contributed by atoms with van der Waals surface area (Å²) in [6.45, 7) is 3.96. The number of hydrogen-bond donors (Lipinski definition) is 0. The van der Waals surface area contributed by atoms with Crippen LogP contribution in [0.15, 0.2) is 24.3 Å². The third-order valence-electron chi connectivity index (χ3n) is 7.68. The van der Waals surface area contributed by atoms with Crippen LogP contribution in [0.2, 0.25) is 0 Å². The fourth-order valence-electron chi connectivity index (χ4n) is 5.92. The van der Waals surface area contributed by atoms with Gasteiger partial charge in [-0.1, -0.05) is 70.2 Å². The topological polar surface area (TPSA) is 0 Å². The Balaban J connectivity index is 1.50. The minimum atomic E-state index is -3.27. The predicted octanol–water partition coefficient (Wildman–Crippen LogP) is 9.01. The molecule has 2 fully saturated rings. The average Bonchev–Trinajstić information content (AvgIpc) is 2.74. The zero-order valence-electron chi connectivity index (χ0n) is 18.3. The van der Waals surface area contributed by atoms with Crippen molar-refractivity contribution in [3.63, 3.8) is 0 Å². The molecule has 0 radical (unpaired) electrons. The number of rotatable bonds is 8. The van der Waals surface area contributed by atoms with E-state index in [0.29, 0.717) is 5.92 Å². The highest BCUT2D eigenvalue weighted by atomic mass is 19.3. The van der Waals surface area contributed by atoms with Crippen molar-refractivity contribution in [3.05, 3.63) is 35.4 Å². The summed E-state index contributed by atoms with van der Waals surface area (Å²) >= 11 is 0. The number of halogens is 3. The Morgan fingerprint density at radius 2 is 1.38 bits per heavy atom. The Morgan fingerprint density at radius 1 is 0.828 bits per heavy atom. The molecule has 164 valence electrons. The molecule has 0 aromatic heterocycles. The van der Waals surface area contributed by atoms with E-state index in [4.69, 9.17) is 0 Å². The van der Waals surface area contributed by atoms with Gasteiger partial charge in [-0.05, 0) is 73.3 Å². The standard InChI is InChI=1S/C26H39F3/c1-3-5-19-6-8-20(9-7-19)21-10-12-22(13-11-21)23-14-16-24(17-15-23)25(27)26(28,29)18-4-2/h14-17,19-22,25H,3-13,18H2,1-2H3/t19-,20-,21?,22?,25?. The van der Waals surface area contributed by atoms with Crippen LogP contribution in [0.25, 0.3) is 0 Å². The highest BCUT2D eigenvalue weighted by molar-refractivity contribution is 5.28. The lowest BCUT2D eigenvalue weighted by molar-refractivity contribution is -0.0807. The van der Waals surface area contributed by atoms with Gasteiger partial charge in [0.2, 0.25) is 0 Å². The van der Waals surface area contributed by atoms with Gasteiger partial charge in [-0.15, -0.1) is 0 Å². The summed E-state index contributed by atoms with van der Waals surface area (Å²) in [6, 6.07) is 6.96. The Morgan fingerprint density at radius 3 is 1.90 bits per heavy atom. The lowest BCUT2D eigenvalue weighted by atomic mass is 9.68. The second kappa shape index (κ2) is 10.4. The molecular weight excluding hydrogens is 369 g/mol. The minimum absolute atomic E-state index is 0.115. The third kappa shape index (κ3) is 5.79. The Kier molecular flexibility index (Phi) is 8.10. The van der Waals surface area contributed by atoms with Gasteiger partial charge in [0.25, 0.3) is 5.92 Å². The first-order valence-electron chi connectivity index (χ1n) is 12.1. The van der Waals surface area contributed by atoms with Crippen LogP contribution in [0, 0.1) is 17.8 Å². The smallest absolute Gasteiger partial charge is 0.236 e. The van der Waals surface area contributed by atoms with Crippen molar-refractivity contribution in [3.8, 4) is 0 Å². The van der Waals surface area contributed by atoms with Crippen LogP contribution in [0.5, 0.6) is 0 Å². The van der Waals surface area contributed by atoms with E-state index in [1.807, 2.05) is 12.1 Å². The molecule has 1 atom stereocenters. The highest BCUT2D eigenvalue weighted by Crippen LogP contribution is 2.45. The van der Waals surface area contributed by atoms with Gasteiger partial charge in [-0.3, -0.25) is 0 Å². The van der Waals surface area contributed by atoms with Crippen LogP contribution in [-0.2, 0) is 0 Å². The van der Waals surface area contributed by atoms with Gasteiger partial charge in [0, 0.05) is 6.42 Å². The van der Waals surface area contributed by atoms with Crippen molar-refractivity contribution in [2.45, 2.75) is 109 Å². The van der Waals surface area contributed by atoms with Crippen molar-refractivity contribution >= 4 is 0 Å². The van der Waals surface area contributed by atoms with Crippen LogP contribution < -0.4 is 0 Å². The van der Waals surface area contributed by atoms with E-state index in [0.717, 1.165) is 17.8 Å². The fraction of sp³-hybridized carbons (Fsp3) is 0.769. The van der Waals surface area contributed by atoms with E-state index < -0.39 is 18.5 Å². The molecule has 0 bridgehead atoms. The molecular formula is C26H39F3. The fourth-order valence-corrected chi connectivity index (χ4v) is 5.92. The monoisotopic (exact) mass is 408 g/mol. The zero-order chi connectivity index (χ0) is 20.9. The lowest BCUT2D eigenvalue weighted by Crippen LogP contribution is -2.25. The van der Waals surface area contributed by atoms with Gasteiger partial charge < -0.3 is 0 Å². The third-order valence-corrected chi connectivity index (χ3v) is 7.68. The molecule has 0 saturated heterocycles. The summed E-state index contributed by atoms with van der Waals surface area (Å²) in [5.74, 6) is -0.0126. The van der Waals surface area contributed by atoms with Crippen LogP contribution in [0.4, 0.5) is 13.2 Å². The predicted molar refractivity (Wildman–Crippen MR) is 115 cm³/mol. The van der Waals surface area contributed by atoms with Crippen LogP contribution >= 0.6 is 0 Å². The summed E-state index contributed by atoms with van der Waals surface area (Å²) in [5, 5.41) is 0. The molecule has 3 rings (SSSR count). The zero-order valence-corrected chi connectivity index (χ0v) is 18.3. The van der Waals surface area contributed by atoms with E-state index in [2.05, 4.69) is 6.92 Å². The van der Waals surface area contributed by atoms with E-state index in [1.54, 1.807) is 19.1 Å². The molecule has 0 amide bonds. The van der Waals surface area contributed by atoms with Gasteiger partial charge >= 0.3 is 0 Å². The minimum Gasteiger partial charge on any atom is -0.236 e. The molecule has 2 aliphatic rings. The quantitative estimate of drug-likeness (QED) is 0.402. The average molecular weight is 409 g/mol. The maximum atomic E-state index is 14.3. The number of alkyl halides is 3. The van der Waals surface area contributed by atoms with Gasteiger partial charge in [0.1, 0.15) is 0 Å². The van der Waals surface area contributed by atoms with Gasteiger partial charge in [-0.25, -0.2) is 13.2 Å². The summed E-state index contributed by atoms with van der Waals surface area (Å²) in [4.78, 5) is 0. The molecule has 29 heavy (non-hydrogen) atoms. The van der Waals surface area contributed by atoms with Crippen molar-refractivity contribution in [2.24, 2.45) is 17.8 Å². The molecule has 0 aliphatic heterocycles. The van der Waals surface area contributed by atoms with E-state index in [9.17, 15) is 13.2 Å². The molecule has 0 heterocycles. The highest BCUT2D eigenvalue weighted by Gasteiger charge is 2.40. The molecule has 2 saturated carbocycles. The number of hydrogen-bond acceptors (Lipinski definition) is 0. The Labute approximate surface area is 175 Å². The lowest BCUT2D eigenvalue weighted by Gasteiger charge is -2.38. The maximum Gasteiger partial charge on any atom is 0.282 e. The Bertz CT molecular complexity index is 593. The van der Waals surface area contributed by atoms with Crippen molar-refractivity contribution in [1.29, 1.82) is 0 Å². The molecule has 0 spiro atoms. The van der Waals surface area contributed by atoms with Crippen molar-refractivity contribution in [1.82, 2.24) is 0 Å². The summed E-state index contributed by atoms with van der Waals surface area (Å²) in [5.41, 5.74) is 1.31. The second-order valence-corrected chi connectivity index (χ2v) is 9.72. The molecule has 0 N–H and O–H groups in total. The summed E-state index contributed by atoms with van der Waals surface area (Å²) < 4.78 is 42.0. The number of benzene rings is 1. The summed E-state index contributed by atoms with van der Waals surface area (Å²) in [6.07, 6.45) is 11.0. The molecule has 1 aromatic rings. The first kappa shape index (κ1) is 22.7. The van der Waals surface area contributed by atoms with Gasteiger partial charge in [0.05, 0.1) is 0 Å². The van der Waals surface area contributed by atoms with E-state index in [-0.39, 0.29) is 12.0 Å². The summed E-state index contributed by atoms with van der Waals surface area (Å²) in [7, 11) is 0. The SMILES string of the molecule is CCCC(F)(F)C(F)c1ccc(C2CCC([C@H]3CC[C@H](CCC)CC3)CC2)cc1. The normalized spacial score (nSPS) is 29.6. The largest absolute Gasteiger partial charge is 0.282 e. The molecule has 1 unspecified atom stereocenters. The maximum absolute atomic E-state index is 14.3. The second-order valence-electron chi connectivity index (χ2n) is 9.72. The molecule has 3 heteroatoms. The van der Waals surface area contributed by atoms with Gasteiger partial charge in [0.15, 0.2) is 6.17 Å². The van der Waals surface area contributed by atoms with E-state index in [1.165, 1.54) is 69.8 Å². The van der Waals surface area contributed by atoms with Crippen molar-refractivity contribution < 1.29 is 13.2 Å².